The lowest BCUT2D eigenvalue weighted by molar-refractivity contribution is 0.0175. The van der Waals surface area contributed by atoms with Crippen LogP contribution >= 0.6 is 0 Å². The number of aryl methyl sites for hydroxylation is 1. The fourth-order valence-corrected chi connectivity index (χ4v) is 3.09. The summed E-state index contributed by atoms with van der Waals surface area (Å²) in [5.74, 6) is -2.88. The Morgan fingerprint density at radius 3 is 2.63 bits per heavy atom. The fourth-order valence-electron chi connectivity index (χ4n) is 3.09. The first-order chi connectivity index (χ1) is 12.9. The Hall–Kier alpha value is -3.15. The molecule has 27 heavy (non-hydrogen) atoms. The van der Waals surface area contributed by atoms with Gasteiger partial charge in [0.05, 0.1) is 18.3 Å². The van der Waals surface area contributed by atoms with Crippen molar-refractivity contribution in [3.8, 4) is 11.1 Å². The molecular weight excluding hydrogens is 346 g/mol. The van der Waals surface area contributed by atoms with Gasteiger partial charge in [0.2, 0.25) is 0 Å². The number of nitrogens with zero attached hydrogens (tertiary/aromatic N) is 4. The van der Waals surface area contributed by atoms with Gasteiger partial charge in [-0.2, -0.15) is 5.10 Å². The summed E-state index contributed by atoms with van der Waals surface area (Å²) in [5, 5.41) is 4.42. The average molecular weight is 364 g/mol. The number of hydrogen-bond acceptors (Lipinski definition) is 3. The second kappa shape index (κ2) is 6.54. The van der Waals surface area contributed by atoms with E-state index in [-0.39, 0.29) is 5.56 Å². The van der Waals surface area contributed by atoms with Gasteiger partial charge >= 0.3 is 0 Å². The highest BCUT2D eigenvalue weighted by Gasteiger charge is 2.24. The number of halogens is 2. The number of benzene rings is 1. The molecule has 0 amide bonds. The number of pyridine rings is 2. The Balaban J connectivity index is 1.74. The van der Waals surface area contributed by atoms with Gasteiger partial charge in [0, 0.05) is 36.6 Å². The first kappa shape index (κ1) is 17.3. The lowest BCUT2D eigenvalue weighted by atomic mass is 10.0. The Labute approximate surface area is 155 Å². The van der Waals surface area contributed by atoms with Crippen LogP contribution in [0.1, 0.15) is 23.6 Å². The van der Waals surface area contributed by atoms with Crippen LogP contribution in [-0.2, 0) is 12.5 Å². The highest BCUT2D eigenvalue weighted by atomic mass is 19.3. The van der Waals surface area contributed by atoms with Crippen LogP contribution in [0.15, 0.2) is 61.2 Å². The van der Waals surface area contributed by atoms with Crippen LogP contribution in [0.25, 0.3) is 22.2 Å². The number of hydrogen-bond donors (Lipinski definition) is 0. The minimum atomic E-state index is -2.88. The summed E-state index contributed by atoms with van der Waals surface area (Å²) in [5.41, 5.74) is 5.20. The Morgan fingerprint density at radius 1 is 1.00 bits per heavy atom. The molecule has 0 spiro atoms. The topological polar surface area (TPSA) is 43.6 Å². The van der Waals surface area contributed by atoms with Crippen LogP contribution in [0.2, 0.25) is 0 Å². The first-order valence-corrected chi connectivity index (χ1v) is 8.61. The normalized spacial score (nSPS) is 11.9. The Kier molecular flexibility index (Phi) is 4.18. The smallest absolute Gasteiger partial charge is 0.264 e. The molecule has 6 heteroatoms. The molecule has 0 aliphatic heterocycles. The third kappa shape index (κ3) is 3.56. The van der Waals surface area contributed by atoms with Gasteiger partial charge in [-0.15, -0.1) is 0 Å². The predicted molar refractivity (Wildman–Crippen MR) is 101 cm³/mol. The largest absolute Gasteiger partial charge is 0.270 e. The van der Waals surface area contributed by atoms with Crippen molar-refractivity contribution in [1.29, 1.82) is 0 Å². The van der Waals surface area contributed by atoms with Gasteiger partial charge in [-0.3, -0.25) is 14.6 Å². The number of rotatable bonds is 4. The number of alkyl halides is 2. The van der Waals surface area contributed by atoms with Crippen molar-refractivity contribution in [1.82, 2.24) is 19.7 Å². The summed E-state index contributed by atoms with van der Waals surface area (Å²) in [6.45, 7) is 3.46. The standard InChI is InChI=1S/C21H18F2N4/c1-14-6-15(10-24-9-14)13-27-20-8-17(11-25-19(20)12-26-27)16-4-3-5-18(7-16)21(2,22)23/h3-12H,13H2,1-2H3. The maximum Gasteiger partial charge on any atom is 0.270 e. The third-order valence-electron chi connectivity index (χ3n) is 4.46. The van der Waals surface area contributed by atoms with Crippen LogP contribution in [0.4, 0.5) is 8.78 Å². The fraction of sp³-hybridized carbons (Fsp3) is 0.190. The third-order valence-corrected chi connectivity index (χ3v) is 4.46. The van der Waals surface area contributed by atoms with Gasteiger partial charge < -0.3 is 0 Å². The Morgan fingerprint density at radius 2 is 1.85 bits per heavy atom. The molecule has 0 unspecified atom stereocenters. The quantitative estimate of drug-likeness (QED) is 0.514. The summed E-state index contributed by atoms with van der Waals surface area (Å²) in [4.78, 5) is 8.66. The SMILES string of the molecule is Cc1cncc(Cn2ncc3ncc(-c4cccc(C(C)(F)F)c4)cc32)c1. The van der Waals surface area contributed by atoms with Crippen LogP contribution in [0, 0.1) is 6.92 Å². The summed E-state index contributed by atoms with van der Waals surface area (Å²) in [6, 6.07) is 10.4. The van der Waals surface area contributed by atoms with E-state index in [1.165, 1.54) is 12.1 Å². The molecule has 0 atom stereocenters. The average Bonchev–Trinajstić information content (AvgIpc) is 3.03. The van der Waals surface area contributed by atoms with Gasteiger partial charge in [0.15, 0.2) is 0 Å². The van der Waals surface area contributed by atoms with Crippen LogP contribution in [0.3, 0.4) is 0 Å². The molecule has 3 aromatic heterocycles. The first-order valence-electron chi connectivity index (χ1n) is 8.61. The molecule has 4 nitrogen and oxygen atoms in total. The summed E-state index contributed by atoms with van der Waals surface area (Å²) < 4.78 is 29.2. The van der Waals surface area contributed by atoms with Gasteiger partial charge in [-0.05, 0) is 35.7 Å². The van der Waals surface area contributed by atoms with Crippen molar-refractivity contribution < 1.29 is 8.78 Å². The van der Waals surface area contributed by atoms with Crippen molar-refractivity contribution in [2.45, 2.75) is 26.3 Å². The lowest BCUT2D eigenvalue weighted by Gasteiger charge is -2.12. The van der Waals surface area contributed by atoms with E-state index in [0.717, 1.165) is 34.6 Å². The van der Waals surface area contributed by atoms with Gasteiger partial charge in [-0.1, -0.05) is 24.3 Å². The van der Waals surface area contributed by atoms with E-state index in [1.807, 2.05) is 29.9 Å². The molecule has 0 radical (unpaired) electrons. The second-order valence-electron chi connectivity index (χ2n) is 6.77. The number of aromatic nitrogens is 4. The van der Waals surface area contributed by atoms with Gasteiger partial charge in [0.25, 0.3) is 5.92 Å². The molecule has 4 aromatic rings. The van der Waals surface area contributed by atoms with Crippen molar-refractivity contribution in [2.24, 2.45) is 0 Å². The molecule has 0 saturated heterocycles. The van der Waals surface area contributed by atoms with E-state index in [0.29, 0.717) is 12.1 Å². The summed E-state index contributed by atoms with van der Waals surface area (Å²) in [7, 11) is 0. The van der Waals surface area contributed by atoms with Crippen LogP contribution in [0.5, 0.6) is 0 Å². The van der Waals surface area contributed by atoms with E-state index >= 15 is 0 Å². The molecule has 1 aromatic carbocycles. The highest BCUT2D eigenvalue weighted by Crippen LogP contribution is 2.31. The van der Waals surface area contributed by atoms with Crippen molar-refractivity contribution >= 4 is 11.0 Å². The van der Waals surface area contributed by atoms with E-state index in [4.69, 9.17) is 0 Å². The molecule has 0 saturated carbocycles. The molecular formula is C21H18F2N4. The molecule has 0 aliphatic rings. The van der Waals surface area contributed by atoms with E-state index in [2.05, 4.69) is 21.1 Å². The van der Waals surface area contributed by atoms with Crippen molar-refractivity contribution in [3.63, 3.8) is 0 Å². The second-order valence-corrected chi connectivity index (χ2v) is 6.77. The zero-order valence-electron chi connectivity index (χ0n) is 15.0. The predicted octanol–water partition coefficient (Wildman–Crippen LogP) is 4.96. The summed E-state index contributed by atoms with van der Waals surface area (Å²) >= 11 is 0. The molecule has 3 heterocycles. The maximum absolute atomic E-state index is 13.7. The van der Waals surface area contributed by atoms with Gasteiger partial charge in [0.1, 0.15) is 5.52 Å². The zero-order valence-corrected chi connectivity index (χ0v) is 15.0. The molecule has 0 bridgehead atoms. The van der Waals surface area contributed by atoms with Crippen LogP contribution in [-0.4, -0.2) is 19.7 Å². The highest BCUT2D eigenvalue weighted by molar-refractivity contribution is 5.80. The van der Waals surface area contributed by atoms with Crippen molar-refractivity contribution in [3.05, 3.63) is 77.9 Å². The lowest BCUT2D eigenvalue weighted by Crippen LogP contribution is -2.06. The molecule has 0 fully saturated rings. The molecule has 136 valence electrons. The van der Waals surface area contributed by atoms with E-state index < -0.39 is 5.92 Å². The van der Waals surface area contributed by atoms with Crippen LogP contribution < -0.4 is 0 Å². The van der Waals surface area contributed by atoms with E-state index in [9.17, 15) is 8.78 Å². The molecule has 0 N–H and O–H groups in total. The monoisotopic (exact) mass is 364 g/mol. The van der Waals surface area contributed by atoms with Gasteiger partial charge in [-0.25, -0.2) is 8.78 Å². The Bertz CT molecular complexity index is 1110. The van der Waals surface area contributed by atoms with E-state index in [1.54, 1.807) is 24.7 Å². The minimum absolute atomic E-state index is 0.0144. The maximum atomic E-state index is 13.7. The number of fused-ring (bicyclic) bond motifs is 1. The molecule has 4 rings (SSSR count). The summed E-state index contributed by atoms with van der Waals surface area (Å²) in [6.07, 6.45) is 7.01. The minimum Gasteiger partial charge on any atom is -0.264 e. The molecule has 0 aliphatic carbocycles. The van der Waals surface area contributed by atoms with Crippen molar-refractivity contribution in [2.75, 3.05) is 0 Å². The zero-order chi connectivity index (χ0) is 19.0.